The Morgan fingerprint density at radius 3 is 2.14 bits per heavy atom. The lowest BCUT2D eigenvalue weighted by atomic mass is 10.1. The zero-order chi connectivity index (χ0) is 20.6. The van der Waals surface area contributed by atoms with Crippen LogP contribution in [-0.4, -0.2) is 33.0 Å². The highest BCUT2D eigenvalue weighted by molar-refractivity contribution is 5.99. The molecule has 0 fully saturated rings. The molecular weight excluding hydrogens is 364 g/mol. The third kappa shape index (κ3) is 9.68. The predicted octanol–water partition coefficient (Wildman–Crippen LogP) is 5.71. The van der Waals surface area contributed by atoms with Gasteiger partial charge in [0.25, 0.3) is 0 Å². The first-order valence-corrected chi connectivity index (χ1v) is 11.3. The van der Waals surface area contributed by atoms with Gasteiger partial charge in [-0.15, -0.1) is 5.10 Å². The van der Waals surface area contributed by atoms with Crippen LogP contribution in [0.5, 0.6) is 5.75 Å². The Balaban J connectivity index is 1.54. The summed E-state index contributed by atoms with van der Waals surface area (Å²) in [5.74, 6) is 1.06. The van der Waals surface area contributed by atoms with Gasteiger partial charge in [-0.05, 0) is 29.0 Å². The van der Waals surface area contributed by atoms with Gasteiger partial charge in [0.15, 0.2) is 11.6 Å². The van der Waals surface area contributed by atoms with Crippen molar-refractivity contribution >= 4 is 5.78 Å². The van der Waals surface area contributed by atoms with E-state index in [0.717, 1.165) is 6.42 Å². The average Bonchev–Trinajstić information content (AvgIpc) is 3.24. The lowest BCUT2D eigenvalue weighted by molar-refractivity contribution is 0.0986. The number of ether oxygens (including phenoxy) is 1. The Bertz CT molecular complexity index is 673. The standard InChI is InChI=1S/C23H36N4O2/c1-2-3-4-5-6-7-8-9-10-11-12-15-18-29-22-17-14-13-16-20(22)21(28)19-23-24-26-27-25-23/h13-14,16-17H,2-12,15,18-19H2,1H3,(H,24,25,26,27). The number of tetrazole rings is 1. The van der Waals surface area contributed by atoms with Crippen LogP contribution in [0.25, 0.3) is 0 Å². The summed E-state index contributed by atoms with van der Waals surface area (Å²) >= 11 is 0. The van der Waals surface area contributed by atoms with Crippen molar-refractivity contribution in [2.24, 2.45) is 0 Å². The highest BCUT2D eigenvalue weighted by Gasteiger charge is 2.14. The fourth-order valence-electron chi connectivity index (χ4n) is 3.45. The summed E-state index contributed by atoms with van der Waals surface area (Å²) < 4.78 is 5.89. The molecule has 0 aliphatic rings. The van der Waals surface area contributed by atoms with Gasteiger partial charge in [0, 0.05) is 0 Å². The fraction of sp³-hybridized carbons (Fsp3) is 0.652. The molecule has 0 aliphatic carbocycles. The molecule has 2 rings (SSSR count). The quantitative estimate of drug-likeness (QED) is 0.272. The molecule has 0 bridgehead atoms. The van der Waals surface area contributed by atoms with E-state index >= 15 is 0 Å². The van der Waals surface area contributed by atoms with Gasteiger partial charge >= 0.3 is 0 Å². The molecule has 0 saturated heterocycles. The van der Waals surface area contributed by atoms with E-state index < -0.39 is 0 Å². The molecule has 6 heteroatoms. The number of nitrogens with zero attached hydrogens (tertiary/aromatic N) is 3. The minimum absolute atomic E-state index is 0.0474. The number of aromatic nitrogens is 4. The number of unbranched alkanes of at least 4 members (excludes halogenated alkanes) is 11. The number of rotatable bonds is 17. The van der Waals surface area contributed by atoms with Crippen molar-refractivity contribution in [1.82, 2.24) is 20.6 Å². The second kappa shape index (κ2) is 14.7. The SMILES string of the molecule is CCCCCCCCCCCCCCOc1ccccc1C(=O)Cc1nnn[nH]1. The lowest BCUT2D eigenvalue weighted by Gasteiger charge is -2.10. The van der Waals surface area contributed by atoms with Crippen molar-refractivity contribution in [3.05, 3.63) is 35.7 Å². The molecule has 0 spiro atoms. The minimum atomic E-state index is -0.0474. The monoisotopic (exact) mass is 400 g/mol. The fourth-order valence-corrected chi connectivity index (χ4v) is 3.45. The van der Waals surface area contributed by atoms with Crippen molar-refractivity contribution < 1.29 is 9.53 Å². The Labute approximate surface area is 174 Å². The minimum Gasteiger partial charge on any atom is -0.493 e. The maximum absolute atomic E-state index is 12.5. The summed E-state index contributed by atoms with van der Waals surface area (Å²) in [6.07, 6.45) is 16.0. The van der Waals surface area contributed by atoms with Crippen molar-refractivity contribution in [3.63, 3.8) is 0 Å². The van der Waals surface area contributed by atoms with Gasteiger partial charge in [0.1, 0.15) is 5.75 Å². The Hall–Kier alpha value is -2.24. The molecule has 29 heavy (non-hydrogen) atoms. The molecule has 0 atom stereocenters. The molecule has 1 aromatic heterocycles. The van der Waals surface area contributed by atoms with E-state index in [2.05, 4.69) is 27.5 Å². The topological polar surface area (TPSA) is 80.8 Å². The van der Waals surface area contributed by atoms with Crippen LogP contribution < -0.4 is 4.74 Å². The third-order valence-corrected chi connectivity index (χ3v) is 5.16. The zero-order valence-electron chi connectivity index (χ0n) is 17.9. The number of Topliss-reactive ketones (excluding diaryl/α,β-unsaturated/α-hetero) is 1. The molecule has 0 radical (unpaired) electrons. The highest BCUT2D eigenvalue weighted by Crippen LogP contribution is 2.20. The van der Waals surface area contributed by atoms with Crippen molar-refractivity contribution in [2.45, 2.75) is 90.4 Å². The maximum Gasteiger partial charge on any atom is 0.174 e. The number of carbonyl (C=O) groups excluding carboxylic acids is 1. The number of aromatic amines is 1. The molecule has 1 aromatic carbocycles. The second-order valence-corrected chi connectivity index (χ2v) is 7.68. The van der Waals surface area contributed by atoms with Crippen molar-refractivity contribution in [1.29, 1.82) is 0 Å². The molecule has 1 N–H and O–H groups in total. The van der Waals surface area contributed by atoms with Crippen LogP contribution in [0.2, 0.25) is 0 Å². The van der Waals surface area contributed by atoms with Crippen LogP contribution in [0.1, 0.15) is 100 Å². The van der Waals surface area contributed by atoms with Crippen molar-refractivity contribution in [2.75, 3.05) is 6.61 Å². The first kappa shape index (κ1) is 23.0. The first-order valence-electron chi connectivity index (χ1n) is 11.3. The maximum atomic E-state index is 12.5. The van der Waals surface area contributed by atoms with E-state index in [-0.39, 0.29) is 12.2 Å². The first-order chi connectivity index (χ1) is 14.3. The highest BCUT2D eigenvalue weighted by atomic mass is 16.5. The summed E-state index contributed by atoms with van der Waals surface area (Å²) in [5.41, 5.74) is 0.586. The second-order valence-electron chi connectivity index (χ2n) is 7.68. The Morgan fingerprint density at radius 2 is 1.52 bits per heavy atom. The number of para-hydroxylation sites is 1. The number of benzene rings is 1. The van der Waals surface area contributed by atoms with E-state index in [9.17, 15) is 4.79 Å². The molecule has 2 aromatic rings. The predicted molar refractivity (Wildman–Crippen MR) is 115 cm³/mol. The summed E-state index contributed by atoms with van der Waals surface area (Å²) in [6.45, 7) is 2.91. The van der Waals surface area contributed by atoms with Gasteiger partial charge in [-0.2, -0.15) is 0 Å². The van der Waals surface area contributed by atoms with Crippen LogP contribution in [0.3, 0.4) is 0 Å². The van der Waals surface area contributed by atoms with Gasteiger partial charge in [0.05, 0.1) is 18.6 Å². The van der Waals surface area contributed by atoms with Gasteiger partial charge < -0.3 is 4.74 Å². The molecule has 0 aliphatic heterocycles. The molecule has 6 nitrogen and oxygen atoms in total. The van der Waals surface area contributed by atoms with E-state index in [1.54, 1.807) is 6.07 Å². The largest absolute Gasteiger partial charge is 0.493 e. The third-order valence-electron chi connectivity index (χ3n) is 5.16. The van der Waals surface area contributed by atoms with Gasteiger partial charge in [-0.25, -0.2) is 5.10 Å². The molecule has 0 unspecified atom stereocenters. The zero-order valence-corrected chi connectivity index (χ0v) is 17.9. The number of ketones is 1. The number of H-pyrrole nitrogens is 1. The van der Waals surface area contributed by atoms with Gasteiger partial charge in [-0.3, -0.25) is 4.79 Å². The Kier molecular flexibility index (Phi) is 11.7. The summed E-state index contributed by atoms with van der Waals surface area (Å²) in [4.78, 5) is 12.5. The van der Waals surface area contributed by atoms with Crippen LogP contribution in [0.4, 0.5) is 0 Å². The molecule has 0 amide bonds. The smallest absolute Gasteiger partial charge is 0.174 e. The molecule has 0 saturated carbocycles. The summed E-state index contributed by atoms with van der Waals surface area (Å²) in [6, 6.07) is 7.39. The normalized spacial score (nSPS) is 10.9. The van der Waals surface area contributed by atoms with Gasteiger partial charge in [0.2, 0.25) is 0 Å². The van der Waals surface area contributed by atoms with Gasteiger partial charge in [-0.1, -0.05) is 89.7 Å². The van der Waals surface area contributed by atoms with Crippen LogP contribution >= 0.6 is 0 Å². The lowest BCUT2D eigenvalue weighted by Crippen LogP contribution is -2.08. The van der Waals surface area contributed by atoms with Crippen LogP contribution in [0, 0.1) is 0 Å². The molecular formula is C23H36N4O2. The Morgan fingerprint density at radius 1 is 0.897 bits per heavy atom. The van der Waals surface area contributed by atoms with Crippen molar-refractivity contribution in [3.8, 4) is 5.75 Å². The van der Waals surface area contributed by atoms with Crippen LogP contribution in [-0.2, 0) is 6.42 Å². The number of carbonyl (C=O) groups is 1. The summed E-state index contributed by atoms with van der Waals surface area (Å²) in [5, 5.41) is 13.4. The molecule has 160 valence electrons. The van der Waals surface area contributed by atoms with Crippen LogP contribution in [0.15, 0.2) is 24.3 Å². The van der Waals surface area contributed by atoms with E-state index in [0.29, 0.717) is 23.7 Å². The molecule has 1 heterocycles. The number of nitrogens with one attached hydrogen (secondary N) is 1. The van der Waals surface area contributed by atoms with E-state index in [1.165, 1.54) is 70.6 Å². The number of hydrogen-bond acceptors (Lipinski definition) is 5. The summed E-state index contributed by atoms with van der Waals surface area (Å²) in [7, 11) is 0. The average molecular weight is 401 g/mol. The van der Waals surface area contributed by atoms with E-state index in [4.69, 9.17) is 4.74 Å². The number of hydrogen-bond donors (Lipinski definition) is 1. The van der Waals surface area contributed by atoms with E-state index in [1.807, 2.05) is 18.2 Å².